The van der Waals surface area contributed by atoms with Gasteiger partial charge in [-0.1, -0.05) is 71.1 Å². The summed E-state index contributed by atoms with van der Waals surface area (Å²) in [5.41, 5.74) is 5.24. The van der Waals surface area contributed by atoms with Crippen molar-refractivity contribution < 1.29 is 24.2 Å². The summed E-state index contributed by atoms with van der Waals surface area (Å²) < 4.78 is 7.26. The standard InChI is InChI=1S/C32H27N5O5S2/c1-17-7-9-20(10-8-17)16-43-32-35-34-31(44-32)37-25(21-11-13-22(14-12-21)30(41)42-4)23(27(39)29(37)40)26(38)24-19(3)36-15-5-6-18(2)28(36)33-24/h5-15,25,38H,16H2,1-4H3/b26-23+. The number of benzene rings is 2. The van der Waals surface area contributed by atoms with E-state index in [1.165, 1.54) is 40.7 Å². The number of hydrogen-bond donors (Lipinski definition) is 1. The molecule has 6 rings (SSSR count). The highest BCUT2D eigenvalue weighted by Gasteiger charge is 2.49. The maximum atomic E-state index is 13.7. The molecule has 1 N–H and O–H groups in total. The number of imidazole rings is 1. The number of aliphatic hydroxyl groups is 1. The second-order valence-electron chi connectivity index (χ2n) is 10.3. The van der Waals surface area contributed by atoms with Crippen LogP contribution >= 0.6 is 23.1 Å². The van der Waals surface area contributed by atoms with E-state index in [-0.39, 0.29) is 16.4 Å². The Kier molecular flexibility index (Phi) is 7.78. The summed E-state index contributed by atoms with van der Waals surface area (Å²) >= 11 is 2.65. The van der Waals surface area contributed by atoms with E-state index in [1.807, 2.05) is 60.8 Å². The molecule has 10 nitrogen and oxygen atoms in total. The molecule has 12 heteroatoms. The lowest BCUT2D eigenvalue weighted by Crippen LogP contribution is -2.29. The molecular formula is C32H27N5O5S2. The van der Waals surface area contributed by atoms with E-state index >= 15 is 0 Å². The van der Waals surface area contributed by atoms with E-state index in [0.29, 0.717) is 32.6 Å². The van der Waals surface area contributed by atoms with Crippen LogP contribution < -0.4 is 4.90 Å². The molecule has 1 aliphatic heterocycles. The van der Waals surface area contributed by atoms with Crippen LogP contribution in [0.3, 0.4) is 0 Å². The van der Waals surface area contributed by atoms with E-state index in [1.54, 1.807) is 31.2 Å². The SMILES string of the molecule is COC(=O)c1ccc(C2/C(=C(\O)c3nc4c(C)cccn4c3C)C(=O)C(=O)N2c2nnc(SCc3ccc(C)cc3)s2)cc1. The largest absolute Gasteiger partial charge is 0.505 e. The molecule has 5 aromatic rings. The zero-order valence-electron chi connectivity index (χ0n) is 24.3. The fourth-order valence-electron chi connectivity index (χ4n) is 5.13. The van der Waals surface area contributed by atoms with Crippen molar-refractivity contribution >= 4 is 57.3 Å². The van der Waals surface area contributed by atoms with Gasteiger partial charge in [-0.05, 0) is 55.7 Å². The third kappa shape index (κ3) is 5.16. The molecule has 0 aliphatic carbocycles. The number of ketones is 1. The summed E-state index contributed by atoms with van der Waals surface area (Å²) in [5.74, 6) is -1.99. The number of ether oxygens (including phenoxy) is 1. The van der Waals surface area contributed by atoms with Gasteiger partial charge in [-0.2, -0.15) is 0 Å². The number of anilines is 1. The van der Waals surface area contributed by atoms with Crippen molar-refractivity contribution in [1.29, 1.82) is 0 Å². The number of fused-ring (bicyclic) bond motifs is 1. The first-order valence-electron chi connectivity index (χ1n) is 13.6. The van der Waals surface area contributed by atoms with Crippen molar-refractivity contribution in [2.24, 2.45) is 0 Å². The molecule has 44 heavy (non-hydrogen) atoms. The van der Waals surface area contributed by atoms with Gasteiger partial charge in [0.05, 0.1) is 30.0 Å². The van der Waals surface area contributed by atoms with E-state index in [2.05, 4.69) is 15.2 Å². The number of hydrogen-bond acceptors (Lipinski definition) is 10. The lowest BCUT2D eigenvalue weighted by molar-refractivity contribution is -0.132. The van der Waals surface area contributed by atoms with Crippen LogP contribution in [0.5, 0.6) is 0 Å². The van der Waals surface area contributed by atoms with Crippen molar-refractivity contribution in [2.45, 2.75) is 36.9 Å². The number of thioether (sulfide) groups is 1. The van der Waals surface area contributed by atoms with Crippen LogP contribution in [-0.4, -0.2) is 49.5 Å². The second-order valence-corrected chi connectivity index (χ2v) is 12.5. The van der Waals surface area contributed by atoms with Crippen LogP contribution in [0.25, 0.3) is 11.4 Å². The van der Waals surface area contributed by atoms with Crippen molar-refractivity contribution in [3.8, 4) is 0 Å². The molecule has 2 aromatic carbocycles. The van der Waals surface area contributed by atoms with Crippen LogP contribution in [0.2, 0.25) is 0 Å². The van der Waals surface area contributed by atoms with Gasteiger partial charge in [0.1, 0.15) is 11.3 Å². The quantitative estimate of drug-likeness (QED) is 0.0595. The number of aliphatic hydroxyl groups excluding tert-OH is 1. The fraction of sp³-hybridized carbons (Fsp3) is 0.188. The summed E-state index contributed by atoms with van der Waals surface area (Å²) in [6, 6.07) is 17.2. The molecule has 0 saturated carbocycles. The minimum absolute atomic E-state index is 0.131. The number of esters is 1. The minimum Gasteiger partial charge on any atom is -0.505 e. The normalized spacial score (nSPS) is 16.2. The van der Waals surface area contributed by atoms with E-state index < -0.39 is 29.5 Å². The second kappa shape index (κ2) is 11.7. The molecule has 0 radical (unpaired) electrons. The van der Waals surface area contributed by atoms with Crippen LogP contribution in [0, 0.1) is 20.8 Å². The summed E-state index contributed by atoms with van der Waals surface area (Å²) in [4.78, 5) is 45.3. The Hall–Kier alpha value is -4.81. The van der Waals surface area contributed by atoms with Crippen molar-refractivity contribution in [2.75, 3.05) is 12.0 Å². The molecule has 4 heterocycles. The minimum atomic E-state index is -1.05. The number of amides is 1. The maximum Gasteiger partial charge on any atom is 0.337 e. The molecule has 1 aliphatic rings. The summed E-state index contributed by atoms with van der Waals surface area (Å²) in [6.07, 6.45) is 1.82. The Morgan fingerprint density at radius 2 is 1.75 bits per heavy atom. The van der Waals surface area contributed by atoms with Gasteiger partial charge in [0, 0.05) is 11.9 Å². The van der Waals surface area contributed by atoms with Gasteiger partial charge < -0.3 is 14.2 Å². The number of rotatable bonds is 7. The number of carbonyl (C=O) groups is 3. The van der Waals surface area contributed by atoms with Crippen molar-refractivity contribution in [3.05, 3.63) is 112 Å². The number of carbonyl (C=O) groups excluding carboxylic acids is 3. The number of methoxy groups -OCH3 is 1. The zero-order valence-corrected chi connectivity index (χ0v) is 25.9. The predicted octanol–water partition coefficient (Wildman–Crippen LogP) is 5.82. The summed E-state index contributed by atoms with van der Waals surface area (Å²) in [7, 11) is 1.29. The first kappa shape index (κ1) is 29.3. The van der Waals surface area contributed by atoms with Crippen molar-refractivity contribution in [3.63, 3.8) is 0 Å². The first-order valence-corrected chi connectivity index (χ1v) is 15.4. The lowest BCUT2D eigenvalue weighted by Gasteiger charge is -2.22. The average Bonchev–Trinajstić information content (AvgIpc) is 3.71. The van der Waals surface area contributed by atoms with Crippen LogP contribution in [0.1, 0.15) is 50.0 Å². The highest BCUT2D eigenvalue weighted by Crippen LogP contribution is 2.44. The number of aryl methyl sites for hydroxylation is 3. The van der Waals surface area contributed by atoms with Crippen LogP contribution in [0.15, 0.2) is 76.8 Å². The van der Waals surface area contributed by atoms with Gasteiger partial charge in [-0.25, -0.2) is 9.78 Å². The summed E-state index contributed by atoms with van der Waals surface area (Å²) in [6.45, 7) is 5.71. The van der Waals surface area contributed by atoms with Gasteiger partial charge in [0.15, 0.2) is 10.1 Å². The molecule has 1 amide bonds. The molecule has 222 valence electrons. The Labute approximate surface area is 261 Å². The number of Topliss-reactive ketones (excluding diaryl/α,β-unsaturated/α-hetero) is 1. The van der Waals surface area contributed by atoms with Gasteiger partial charge in [0.25, 0.3) is 5.78 Å². The highest BCUT2D eigenvalue weighted by atomic mass is 32.2. The number of aromatic nitrogens is 4. The Balaban J connectivity index is 1.44. The van der Waals surface area contributed by atoms with Gasteiger partial charge >= 0.3 is 11.9 Å². The van der Waals surface area contributed by atoms with Crippen LogP contribution in [0.4, 0.5) is 5.13 Å². The Bertz CT molecular complexity index is 1960. The molecule has 1 fully saturated rings. The Morgan fingerprint density at radius 1 is 1.02 bits per heavy atom. The Morgan fingerprint density at radius 3 is 2.43 bits per heavy atom. The lowest BCUT2D eigenvalue weighted by atomic mass is 9.95. The predicted molar refractivity (Wildman–Crippen MR) is 168 cm³/mol. The van der Waals surface area contributed by atoms with Crippen LogP contribution in [-0.2, 0) is 20.1 Å². The number of nitrogens with zero attached hydrogens (tertiary/aromatic N) is 5. The zero-order chi connectivity index (χ0) is 31.1. The molecule has 1 saturated heterocycles. The van der Waals surface area contributed by atoms with Crippen molar-refractivity contribution in [1.82, 2.24) is 19.6 Å². The topological polar surface area (TPSA) is 127 Å². The monoisotopic (exact) mass is 625 g/mol. The fourth-order valence-corrected chi connectivity index (χ4v) is 6.95. The van der Waals surface area contributed by atoms with E-state index in [4.69, 9.17) is 4.74 Å². The molecule has 1 atom stereocenters. The molecule has 0 bridgehead atoms. The maximum absolute atomic E-state index is 13.7. The number of pyridine rings is 1. The average molecular weight is 626 g/mol. The third-order valence-electron chi connectivity index (χ3n) is 7.49. The molecule has 3 aromatic heterocycles. The van der Waals surface area contributed by atoms with E-state index in [9.17, 15) is 19.5 Å². The smallest absolute Gasteiger partial charge is 0.337 e. The molecule has 0 spiro atoms. The van der Waals surface area contributed by atoms with Gasteiger partial charge in [-0.3, -0.25) is 14.5 Å². The third-order valence-corrected chi connectivity index (χ3v) is 9.61. The van der Waals surface area contributed by atoms with Gasteiger partial charge in [-0.15, -0.1) is 10.2 Å². The first-order chi connectivity index (χ1) is 21.2. The van der Waals surface area contributed by atoms with Gasteiger partial charge in [0.2, 0.25) is 5.13 Å². The summed E-state index contributed by atoms with van der Waals surface area (Å²) in [5, 5.41) is 20.5. The molecule has 1 unspecified atom stereocenters. The highest BCUT2D eigenvalue weighted by molar-refractivity contribution is 8.00. The molecular weight excluding hydrogens is 599 g/mol. The van der Waals surface area contributed by atoms with E-state index in [0.717, 1.165) is 11.1 Å².